The Morgan fingerprint density at radius 1 is 1.07 bits per heavy atom. The van der Waals surface area contributed by atoms with E-state index >= 15 is 0 Å². The van der Waals surface area contributed by atoms with Gasteiger partial charge in [0.05, 0.1) is 7.11 Å². The zero-order valence-corrected chi connectivity index (χ0v) is 16.3. The number of methoxy groups -OCH3 is 1. The largest absolute Gasteiger partial charge is 0.496 e. The molecule has 0 amide bonds. The van der Waals surface area contributed by atoms with Gasteiger partial charge in [0, 0.05) is 42.1 Å². The van der Waals surface area contributed by atoms with Crippen molar-refractivity contribution in [3.05, 3.63) is 84.2 Å². The summed E-state index contributed by atoms with van der Waals surface area (Å²) in [5.74, 6) is 0.917. The zero-order valence-electron chi connectivity index (χ0n) is 16.3. The molecule has 1 saturated heterocycles. The number of hydrogen-bond acceptors (Lipinski definition) is 4. The first kappa shape index (κ1) is 18.7. The van der Waals surface area contributed by atoms with Crippen molar-refractivity contribution in [1.29, 1.82) is 0 Å². The Morgan fingerprint density at radius 3 is 2.75 bits per heavy atom. The van der Waals surface area contributed by atoms with Crippen molar-refractivity contribution in [2.24, 2.45) is 0 Å². The summed E-state index contributed by atoms with van der Waals surface area (Å²) < 4.78 is 5.62. The fourth-order valence-corrected chi connectivity index (χ4v) is 3.99. The molecule has 2 heterocycles. The highest BCUT2D eigenvalue weighted by Gasteiger charge is 2.25. The molecule has 2 N–H and O–H groups in total. The molecule has 2 aromatic carbocycles. The average molecular weight is 374 g/mol. The van der Waals surface area contributed by atoms with E-state index < -0.39 is 0 Å². The minimum Gasteiger partial charge on any atom is -0.496 e. The molecular formula is C24H27N3O. The molecule has 2 unspecified atom stereocenters. The highest BCUT2D eigenvalue weighted by atomic mass is 16.5. The van der Waals surface area contributed by atoms with Crippen molar-refractivity contribution in [3.8, 4) is 16.9 Å². The van der Waals surface area contributed by atoms with E-state index in [1.54, 1.807) is 13.3 Å². The van der Waals surface area contributed by atoms with Crippen molar-refractivity contribution in [2.45, 2.75) is 31.5 Å². The second-order valence-electron chi connectivity index (χ2n) is 7.24. The van der Waals surface area contributed by atoms with Crippen LogP contribution in [-0.4, -0.2) is 24.7 Å². The second kappa shape index (κ2) is 9.00. The molecule has 0 aliphatic carbocycles. The van der Waals surface area contributed by atoms with E-state index in [0.29, 0.717) is 12.1 Å². The SMILES string of the molecule is COc1ccc(-c2cccnc2)cc1CNC1CCCNC1c1ccccc1. The van der Waals surface area contributed by atoms with E-state index in [1.165, 1.54) is 17.5 Å². The number of nitrogens with one attached hydrogen (secondary N) is 2. The summed E-state index contributed by atoms with van der Waals surface area (Å²) in [7, 11) is 1.73. The Morgan fingerprint density at radius 2 is 1.96 bits per heavy atom. The Kier molecular flexibility index (Phi) is 6.00. The highest BCUT2D eigenvalue weighted by Crippen LogP contribution is 2.28. The average Bonchev–Trinajstić information content (AvgIpc) is 2.79. The van der Waals surface area contributed by atoms with Gasteiger partial charge in [-0.3, -0.25) is 4.98 Å². The third-order valence-electron chi connectivity index (χ3n) is 5.45. The predicted molar refractivity (Wildman–Crippen MR) is 113 cm³/mol. The van der Waals surface area contributed by atoms with Crippen LogP contribution in [0.1, 0.15) is 30.0 Å². The third kappa shape index (κ3) is 4.24. The monoisotopic (exact) mass is 373 g/mol. The molecule has 4 nitrogen and oxygen atoms in total. The minimum absolute atomic E-state index is 0.336. The van der Waals surface area contributed by atoms with Gasteiger partial charge in [0.15, 0.2) is 0 Å². The van der Waals surface area contributed by atoms with Gasteiger partial charge in [0.25, 0.3) is 0 Å². The topological polar surface area (TPSA) is 46.2 Å². The standard InChI is InChI=1S/C24H27N3O/c1-28-23-12-11-19(20-9-5-13-25-16-20)15-21(23)17-27-22-10-6-14-26-24(22)18-7-3-2-4-8-18/h2-5,7-9,11-13,15-16,22,24,26-27H,6,10,14,17H2,1H3. The van der Waals surface area contributed by atoms with Crippen LogP contribution in [0, 0.1) is 0 Å². The zero-order chi connectivity index (χ0) is 19.2. The molecule has 1 aromatic heterocycles. The maximum atomic E-state index is 5.62. The minimum atomic E-state index is 0.336. The number of rotatable bonds is 6. The molecule has 0 bridgehead atoms. The summed E-state index contributed by atoms with van der Waals surface area (Å²) in [5, 5.41) is 7.47. The third-order valence-corrected chi connectivity index (χ3v) is 5.45. The predicted octanol–water partition coefficient (Wildman–Crippen LogP) is 4.34. The number of piperidine rings is 1. The van der Waals surface area contributed by atoms with Crippen molar-refractivity contribution < 1.29 is 4.74 Å². The fourth-order valence-electron chi connectivity index (χ4n) is 3.99. The summed E-state index contributed by atoms with van der Waals surface area (Å²) in [6, 6.07) is 21.8. The Labute approximate surface area is 167 Å². The molecule has 0 spiro atoms. The molecule has 2 atom stereocenters. The van der Waals surface area contributed by atoms with E-state index in [0.717, 1.165) is 36.4 Å². The fraction of sp³-hybridized carbons (Fsp3) is 0.292. The molecule has 3 aromatic rings. The summed E-state index contributed by atoms with van der Waals surface area (Å²) in [6.45, 7) is 1.84. The van der Waals surface area contributed by atoms with Crippen LogP contribution in [0.2, 0.25) is 0 Å². The van der Waals surface area contributed by atoms with Gasteiger partial charge in [-0.25, -0.2) is 0 Å². The maximum absolute atomic E-state index is 5.62. The smallest absolute Gasteiger partial charge is 0.123 e. The van der Waals surface area contributed by atoms with Gasteiger partial charge in [-0.1, -0.05) is 42.5 Å². The molecule has 1 aliphatic rings. The number of benzene rings is 2. The van der Waals surface area contributed by atoms with Gasteiger partial charge < -0.3 is 15.4 Å². The number of nitrogens with zero attached hydrogens (tertiary/aromatic N) is 1. The Bertz CT molecular complexity index is 883. The first-order valence-corrected chi connectivity index (χ1v) is 9.94. The Balaban J connectivity index is 1.53. The van der Waals surface area contributed by atoms with E-state index in [2.05, 4.69) is 64.1 Å². The molecule has 28 heavy (non-hydrogen) atoms. The number of hydrogen-bond donors (Lipinski definition) is 2. The molecule has 0 saturated carbocycles. The van der Waals surface area contributed by atoms with E-state index in [9.17, 15) is 0 Å². The van der Waals surface area contributed by atoms with Gasteiger partial charge in [0.1, 0.15) is 5.75 Å². The number of ether oxygens (including phenoxy) is 1. The van der Waals surface area contributed by atoms with E-state index in [4.69, 9.17) is 4.74 Å². The van der Waals surface area contributed by atoms with E-state index in [-0.39, 0.29) is 0 Å². The molecule has 4 rings (SSSR count). The molecule has 144 valence electrons. The Hall–Kier alpha value is -2.69. The first-order valence-electron chi connectivity index (χ1n) is 9.94. The maximum Gasteiger partial charge on any atom is 0.123 e. The number of aromatic nitrogens is 1. The summed E-state index contributed by atoms with van der Waals surface area (Å²) in [4.78, 5) is 4.24. The van der Waals surface area contributed by atoms with Crippen LogP contribution in [0.3, 0.4) is 0 Å². The summed E-state index contributed by atoms with van der Waals surface area (Å²) in [5.41, 5.74) is 4.79. The van der Waals surface area contributed by atoms with Gasteiger partial charge in [0.2, 0.25) is 0 Å². The van der Waals surface area contributed by atoms with Crippen LogP contribution in [0.4, 0.5) is 0 Å². The van der Waals surface area contributed by atoms with Gasteiger partial charge >= 0.3 is 0 Å². The first-order chi connectivity index (χ1) is 13.8. The quantitative estimate of drug-likeness (QED) is 0.675. The lowest BCUT2D eigenvalue weighted by atomic mass is 9.92. The van der Waals surface area contributed by atoms with Crippen LogP contribution in [0.5, 0.6) is 5.75 Å². The van der Waals surface area contributed by atoms with Crippen LogP contribution < -0.4 is 15.4 Å². The second-order valence-corrected chi connectivity index (χ2v) is 7.24. The van der Waals surface area contributed by atoms with Crippen molar-refractivity contribution in [3.63, 3.8) is 0 Å². The van der Waals surface area contributed by atoms with Crippen molar-refractivity contribution in [2.75, 3.05) is 13.7 Å². The molecule has 1 fully saturated rings. The van der Waals surface area contributed by atoms with Gasteiger partial charge in [-0.2, -0.15) is 0 Å². The van der Waals surface area contributed by atoms with Gasteiger partial charge in [-0.15, -0.1) is 0 Å². The highest BCUT2D eigenvalue weighted by molar-refractivity contribution is 5.64. The molecule has 1 aliphatic heterocycles. The van der Waals surface area contributed by atoms with Crippen LogP contribution >= 0.6 is 0 Å². The molecule has 0 radical (unpaired) electrons. The molecule has 4 heteroatoms. The van der Waals surface area contributed by atoms with Crippen LogP contribution in [0.15, 0.2) is 73.1 Å². The normalized spacial score (nSPS) is 19.3. The summed E-state index contributed by atoms with van der Waals surface area (Å²) in [6.07, 6.45) is 6.05. The molecular weight excluding hydrogens is 346 g/mol. The lowest BCUT2D eigenvalue weighted by Gasteiger charge is -2.34. The van der Waals surface area contributed by atoms with Crippen molar-refractivity contribution in [1.82, 2.24) is 15.6 Å². The van der Waals surface area contributed by atoms with Crippen LogP contribution in [0.25, 0.3) is 11.1 Å². The lowest BCUT2D eigenvalue weighted by Crippen LogP contribution is -2.45. The number of pyridine rings is 1. The lowest BCUT2D eigenvalue weighted by molar-refractivity contribution is 0.303. The summed E-state index contributed by atoms with van der Waals surface area (Å²) >= 11 is 0. The van der Waals surface area contributed by atoms with Gasteiger partial charge in [-0.05, 0) is 48.7 Å². The van der Waals surface area contributed by atoms with E-state index in [1.807, 2.05) is 18.3 Å². The van der Waals surface area contributed by atoms with Crippen molar-refractivity contribution >= 4 is 0 Å². The van der Waals surface area contributed by atoms with Crippen LogP contribution in [-0.2, 0) is 6.54 Å².